The molecule has 0 saturated heterocycles. The van der Waals surface area contributed by atoms with Gasteiger partial charge < -0.3 is 0 Å². The van der Waals surface area contributed by atoms with Gasteiger partial charge in [0, 0.05) is 0 Å². The molecule has 0 heterocycles. The van der Waals surface area contributed by atoms with Gasteiger partial charge in [0.05, 0.1) is 0 Å². The van der Waals surface area contributed by atoms with Crippen molar-refractivity contribution < 1.29 is 0 Å². The lowest BCUT2D eigenvalue weighted by atomic mass is 9.91. The standard InChI is InChI=1S/C22H40/c1-7-12-16-20(14-9-3)22(15-10-4)18-21(17-13-8-2)19(6)11-5/h11,18H,7-10,12-17H2,1-6H3. The van der Waals surface area contributed by atoms with E-state index in [2.05, 4.69) is 53.7 Å². The van der Waals surface area contributed by atoms with Crippen molar-refractivity contribution in [3.63, 3.8) is 0 Å². The Hall–Kier alpha value is -0.780. The van der Waals surface area contributed by atoms with Crippen molar-refractivity contribution in [2.45, 2.75) is 106 Å². The Morgan fingerprint density at radius 3 is 1.82 bits per heavy atom. The van der Waals surface area contributed by atoms with E-state index in [-0.39, 0.29) is 0 Å². The van der Waals surface area contributed by atoms with E-state index >= 15 is 0 Å². The summed E-state index contributed by atoms with van der Waals surface area (Å²) in [6.45, 7) is 13.7. The first-order chi connectivity index (χ1) is 10.6. The number of rotatable bonds is 12. The molecule has 0 aromatic rings. The van der Waals surface area contributed by atoms with E-state index < -0.39 is 0 Å². The van der Waals surface area contributed by atoms with Crippen LogP contribution in [0, 0.1) is 0 Å². The van der Waals surface area contributed by atoms with Gasteiger partial charge in [0.2, 0.25) is 0 Å². The third kappa shape index (κ3) is 8.61. The second kappa shape index (κ2) is 13.9. The summed E-state index contributed by atoms with van der Waals surface area (Å²) in [5.74, 6) is 0. The Morgan fingerprint density at radius 2 is 1.32 bits per heavy atom. The highest BCUT2D eigenvalue weighted by Gasteiger charge is 2.07. The van der Waals surface area contributed by atoms with E-state index in [1.165, 1.54) is 69.8 Å². The minimum atomic E-state index is 1.23. The summed E-state index contributed by atoms with van der Waals surface area (Å²) in [5.41, 5.74) is 6.40. The van der Waals surface area contributed by atoms with Gasteiger partial charge in [-0.2, -0.15) is 0 Å². The molecule has 0 bridgehead atoms. The van der Waals surface area contributed by atoms with Crippen LogP contribution in [0.3, 0.4) is 0 Å². The topological polar surface area (TPSA) is 0 Å². The SMILES string of the molecule is CC=C(C)C(=CC(CCC)=C(CCC)CCCC)CCCC. The summed E-state index contributed by atoms with van der Waals surface area (Å²) in [6.07, 6.45) is 17.6. The maximum atomic E-state index is 2.55. The fourth-order valence-corrected chi connectivity index (χ4v) is 2.90. The number of unbranched alkanes of at least 4 members (excludes halogenated alkanes) is 2. The molecule has 0 N–H and O–H groups in total. The molecule has 0 aliphatic heterocycles. The molecule has 22 heavy (non-hydrogen) atoms. The Kier molecular flexibility index (Phi) is 13.4. The molecule has 0 saturated carbocycles. The van der Waals surface area contributed by atoms with Crippen LogP contribution >= 0.6 is 0 Å². The van der Waals surface area contributed by atoms with Crippen LogP contribution in [0.15, 0.2) is 34.4 Å². The lowest BCUT2D eigenvalue weighted by Crippen LogP contribution is -1.95. The van der Waals surface area contributed by atoms with Crippen molar-refractivity contribution in [2.75, 3.05) is 0 Å². The lowest BCUT2D eigenvalue weighted by Gasteiger charge is -2.15. The summed E-state index contributed by atoms with van der Waals surface area (Å²) in [4.78, 5) is 0. The van der Waals surface area contributed by atoms with E-state index in [1.54, 1.807) is 16.7 Å². The van der Waals surface area contributed by atoms with Gasteiger partial charge in [0.15, 0.2) is 0 Å². The molecule has 0 aromatic heterocycles. The van der Waals surface area contributed by atoms with Crippen molar-refractivity contribution in [3.05, 3.63) is 34.4 Å². The van der Waals surface area contributed by atoms with Crippen LogP contribution in [0.1, 0.15) is 106 Å². The van der Waals surface area contributed by atoms with Crippen LogP contribution in [0.5, 0.6) is 0 Å². The highest BCUT2D eigenvalue weighted by atomic mass is 14.1. The van der Waals surface area contributed by atoms with Gasteiger partial charge in [0.25, 0.3) is 0 Å². The van der Waals surface area contributed by atoms with Gasteiger partial charge >= 0.3 is 0 Å². The molecule has 0 aliphatic carbocycles. The summed E-state index contributed by atoms with van der Waals surface area (Å²) < 4.78 is 0. The van der Waals surface area contributed by atoms with Crippen molar-refractivity contribution >= 4 is 0 Å². The summed E-state index contributed by atoms with van der Waals surface area (Å²) >= 11 is 0. The molecule has 0 radical (unpaired) electrons. The Labute approximate surface area is 140 Å². The van der Waals surface area contributed by atoms with Crippen LogP contribution in [0.4, 0.5) is 0 Å². The summed E-state index contributed by atoms with van der Waals surface area (Å²) in [6, 6.07) is 0. The average molecular weight is 305 g/mol. The fourth-order valence-electron chi connectivity index (χ4n) is 2.90. The Balaban J connectivity index is 5.55. The molecule has 0 spiro atoms. The van der Waals surface area contributed by atoms with E-state index in [1.807, 2.05) is 0 Å². The molecule has 128 valence electrons. The second-order valence-corrected chi connectivity index (χ2v) is 6.48. The first-order valence-corrected chi connectivity index (χ1v) is 9.69. The normalized spacial score (nSPS) is 14.3. The largest absolute Gasteiger partial charge is 0.0844 e. The van der Waals surface area contributed by atoms with Crippen molar-refractivity contribution in [1.29, 1.82) is 0 Å². The first kappa shape index (κ1) is 21.2. The molecule has 0 unspecified atom stereocenters. The molecule has 0 atom stereocenters. The van der Waals surface area contributed by atoms with E-state index in [0.717, 1.165) is 0 Å². The summed E-state index contributed by atoms with van der Waals surface area (Å²) in [7, 11) is 0. The van der Waals surface area contributed by atoms with Crippen molar-refractivity contribution in [1.82, 2.24) is 0 Å². The lowest BCUT2D eigenvalue weighted by molar-refractivity contribution is 0.725. The number of allylic oxidation sites excluding steroid dienone is 6. The smallest absolute Gasteiger partial charge is 0.0276 e. The molecule has 0 heteroatoms. The molecule has 0 nitrogen and oxygen atoms in total. The number of hydrogen-bond acceptors (Lipinski definition) is 0. The molecule has 0 rings (SSSR count). The Bertz CT molecular complexity index is 365. The Morgan fingerprint density at radius 1 is 0.727 bits per heavy atom. The molecule has 0 aliphatic rings. The van der Waals surface area contributed by atoms with Gasteiger partial charge in [-0.1, -0.05) is 76.7 Å². The third-order valence-electron chi connectivity index (χ3n) is 4.44. The van der Waals surface area contributed by atoms with Crippen LogP contribution in [0.25, 0.3) is 0 Å². The van der Waals surface area contributed by atoms with Gasteiger partial charge in [-0.25, -0.2) is 0 Å². The van der Waals surface area contributed by atoms with Crippen LogP contribution in [-0.4, -0.2) is 0 Å². The minimum Gasteiger partial charge on any atom is -0.0844 e. The predicted octanol–water partition coefficient (Wildman–Crippen LogP) is 8.16. The van der Waals surface area contributed by atoms with E-state index in [4.69, 9.17) is 0 Å². The van der Waals surface area contributed by atoms with Gasteiger partial charge in [-0.3, -0.25) is 0 Å². The van der Waals surface area contributed by atoms with Crippen LogP contribution in [0.2, 0.25) is 0 Å². The maximum absolute atomic E-state index is 2.55. The number of hydrogen-bond donors (Lipinski definition) is 0. The highest BCUT2D eigenvalue weighted by Crippen LogP contribution is 2.27. The minimum absolute atomic E-state index is 1.23. The van der Waals surface area contributed by atoms with E-state index in [9.17, 15) is 0 Å². The average Bonchev–Trinajstić information content (AvgIpc) is 2.53. The van der Waals surface area contributed by atoms with Gasteiger partial charge in [-0.05, 0) is 63.5 Å². The van der Waals surface area contributed by atoms with E-state index in [0.29, 0.717) is 0 Å². The zero-order chi connectivity index (χ0) is 16.8. The van der Waals surface area contributed by atoms with Gasteiger partial charge in [-0.15, -0.1) is 0 Å². The summed E-state index contributed by atoms with van der Waals surface area (Å²) in [5, 5.41) is 0. The zero-order valence-corrected chi connectivity index (χ0v) is 16.2. The molecular formula is C22H40. The highest BCUT2D eigenvalue weighted by molar-refractivity contribution is 5.38. The quantitative estimate of drug-likeness (QED) is 0.319. The second-order valence-electron chi connectivity index (χ2n) is 6.48. The van der Waals surface area contributed by atoms with Crippen molar-refractivity contribution in [2.24, 2.45) is 0 Å². The fraction of sp³-hybridized carbons (Fsp3) is 0.727. The molecular weight excluding hydrogens is 264 g/mol. The third-order valence-corrected chi connectivity index (χ3v) is 4.44. The van der Waals surface area contributed by atoms with Gasteiger partial charge in [0.1, 0.15) is 0 Å². The van der Waals surface area contributed by atoms with Crippen LogP contribution in [-0.2, 0) is 0 Å². The monoisotopic (exact) mass is 304 g/mol. The predicted molar refractivity (Wildman–Crippen MR) is 103 cm³/mol. The first-order valence-electron chi connectivity index (χ1n) is 9.69. The maximum Gasteiger partial charge on any atom is -0.0276 e. The van der Waals surface area contributed by atoms with Crippen LogP contribution < -0.4 is 0 Å². The molecule has 0 fully saturated rings. The zero-order valence-electron chi connectivity index (χ0n) is 16.2. The van der Waals surface area contributed by atoms with Crippen molar-refractivity contribution in [3.8, 4) is 0 Å². The molecule has 0 aromatic carbocycles. The molecule has 0 amide bonds.